The summed E-state index contributed by atoms with van der Waals surface area (Å²) in [5.41, 5.74) is 8.64. The Labute approximate surface area is 106 Å². The van der Waals surface area contributed by atoms with Gasteiger partial charge in [-0.1, -0.05) is 0 Å². The molecule has 2 N–H and O–H groups in total. The fourth-order valence-corrected chi connectivity index (χ4v) is 1.96. The lowest BCUT2D eigenvalue weighted by atomic mass is 10.3. The van der Waals surface area contributed by atoms with Crippen LogP contribution in [0.25, 0.3) is 22.6 Å². The number of hydrogen-bond acceptors (Lipinski definition) is 4. The van der Waals surface area contributed by atoms with E-state index < -0.39 is 0 Å². The second-order valence-corrected chi connectivity index (χ2v) is 4.55. The molecular weight excluding hydrogens is 282 g/mol. The van der Waals surface area contributed by atoms with Crippen molar-refractivity contribution >= 4 is 32.7 Å². The van der Waals surface area contributed by atoms with E-state index in [4.69, 9.17) is 10.2 Å². The van der Waals surface area contributed by atoms with Crippen molar-refractivity contribution in [2.45, 2.75) is 0 Å². The molecule has 2 aromatic heterocycles. The van der Waals surface area contributed by atoms with Gasteiger partial charge in [-0.3, -0.25) is 4.98 Å². The first kappa shape index (κ1) is 10.3. The number of nitrogens with zero attached hydrogens (tertiary/aromatic N) is 2. The van der Waals surface area contributed by atoms with E-state index in [9.17, 15) is 0 Å². The second kappa shape index (κ2) is 3.85. The number of hydrogen-bond donors (Lipinski definition) is 1. The molecule has 0 saturated carbocycles. The zero-order chi connectivity index (χ0) is 11.8. The van der Waals surface area contributed by atoms with Gasteiger partial charge in [0.05, 0.1) is 5.56 Å². The molecule has 0 aliphatic carbocycles. The lowest BCUT2D eigenvalue weighted by Crippen LogP contribution is -1.81. The summed E-state index contributed by atoms with van der Waals surface area (Å²) in [5.74, 6) is 0.541. The van der Waals surface area contributed by atoms with E-state index in [-0.39, 0.29) is 0 Å². The van der Waals surface area contributed by atoms with Gasteiger partial charge in [0.1, 0.15) is 5.52 Å². The molecule has 17 heavy (non-hydrogen) atoms. The van der Waals surface area contributed by atoms with Crippen LogP contribution in [0.15, 0.2) is 45.5 Å². The smallest absolute Gasteiger partial charge is 0.228 e. The van der Waals surface area contributed by atoms with Crippen molar-refractivity contribution in [3.63, 3.8) is 0 Å². The van der Waals surface area contributed by atoms with Crippen LogP contribution in [0.4, 0.5) is 5.69 Å². The van der Waals surface area contributed by atoms with Gasteiger partial charge in [-0.2, -0.15) is 0 Å². The predicted octanol–water partition coefficient (Wildman–Crippen LogP) is 3.23. The molecule has 0 radical (unpaired) electrons. The van der Waals surface area contributed by atoms with Crippen LogP contribution in [-0.4, -0.2) is 9.97 Å². The maximum absolute atomic E-state index is 5.69. The zero-order valence-corrected chi connectivity index (χ0v) is 10.3. The predicted molar refractivity (Wildman–Crippen MR) is 69.4 cm³/mol. The van der Waals surface area contributed by atoms with E-state index in [1.165, 1.54) is 0 Å². The fraction of sp³-hybridized carbons (Fsp3) is 0. The summed E-state index contributed by atoms with van der Waals surface area (Å²) in [6.45, 7) is 0. The van der Waals surface area contributed by atoms with Gasteiger partial charge in [-0.15, -0.1) is 0 Å². The maximum atomic E-state index is 5.69. The topological polar surface area (TPSA) is 64.9 Å². The SMILES string of the molecule is Nc1ccc2nc(-c3cncc(Br)c3)oc2c1. The molecule has 0 atom stereocenters. The van der Waals surface area contributed by atoms with Gasteiger partial charge >= 0.3 is 0 Å². The van der Waals surface area contributed by atoms with Crippen molar-refractivity contribution in [3.8, 4) is 11.5 Å². The van der Waals surface area contributed by atoms with E-state index in [2.05, 4.69) is 25.9 Å². The molecule has 0 unspecified atom stereocenters. The molecule has 3 rings (SSSR count). The number of benzene rings is 1. The van der Waals surface area contributed by atoms with Crippen LogP contribution in [0.5, 0.6) is 0 Å². The summed E-state index contributed by atoms with van der Waals surface area (Å²) >= 11 is 3.36. The van der Waals surface area contributed by atoms with Crippen molar-refractivity contribution in [1.82, 2.24) is 9.97 Å². The molecule has 0 bridgehead atoms. The van der Waals surface area contributed by atoms with Gasteiger partial charge in [-0.05, 0) is 34.1 Å². The van der Waals surface area contributed by atoms with Crippen molar-refractivity contribution < 1.29 is 4.42 Å². The van der Waals surface area contributed by atoms with E-state index in [0.717, 1.165) is 15.6 Å². The van der Waals surface area contributed by atoms with Crippen molar-refractivity contribution in [2.24, 2.45) is 0 Å². The van der Waals surface area contributed by atoms with E-state index in [0.29, 0.717) is 17.2 Å². The molecule has 0 aliphatic heterocycles. The molecule has 1 aromatic carbocycles. The Morgan fingerprint density at radius 3 is 2.88 bits per heavy atom. The van der Waals surface area contributed by atoms with Crippen LogP contribution in [-0.2, 0) is 0 Å². The highest BCUT2D eigenvalue weighted by atomic mass is 79.9. The van der Waals surface area contributed by atoms with Gasteiger partial charge < -0.3 is 10.2 Å². The number of aromatic nitrogens is 2. The monoisotopic (exact) mass is 289 g/mol. The Morgan fingerprint density at radius 2 is 2.06 bits per heavy atom. The minimum atomic E-state index is 0.541. The molecule has 84 valence electrons. The standard InChI is InChI=1S/C12H8BrN3O/c13-8-3-7(5-15-6-8)12-16-10-2-1-9(14)4-11(10)17-12/h1-6H,14H2. The van der Waals surface area contributed by atoms with E-state index in [1.807, 2.05) is 12.1 Å². The van der Waals surface area contributed by atoms with Crippen molar-refractivity contribution in [3.05, 3.63) is 41.1 Å². The minimum absolute atomic E-state index is 0.541. The normalized spacial score (nSPS) is 10.9. The van der Waals surface area contributed by atoms with Crippen LogP contribution in [0.3, 0.4) is 0 Å². The minimum Gasteiger partial charge on any atom is -0.436 e. The molecule has 3 aromatic rings. The van der Waals surface area contributed by atoms with Gasteiger partial charge in [-0.25, -0.2) is 4.98 Å². The summed E-state index contributed by atoms with van der Waals surface area (Å²) in [6.07, 6.45) is 3.42. The third-order valence-corrected chi connectivity index (χ3v) is 2.80. The summed E-state index contributed by atoms with van der Waals surface area (Å²) in [6, 6.07) is 7.30. The lowest BCUT2D eigenvalue weighted by molar-refractivity contribution is 0.619. The van der Waals surface area contributed by atoms with Gasteiger partial charge in [0.25, 0.3) is 0 Å². The van der Waals surface area contributed by atoms with Crippen LogP contribution >= 0.6 is 15.9 Å². The number of pyridine rings is 1. The number of nitrogens with two attached hydrogens (primary N) is 1. The number of rotatable bonds is 1. The highest BCUT2D eigenvalue weighted by Gasteiger charge is 2.08. The molecule has 5 heteroatoms. The first-order chi connectivity index (χ1) is 8.22. The van der Waals surface area contributed by atoms with Gasteiger partial charge in [0.2, 0.25) is 5.89 Å². The summed E-state index contributed by atoms with van der Waals surface area (Å²) in [5, 5.41) is 0. The Bertz CT molecular complexity index is 693. The quantitative estimate of drug-likeness (QED) is 0.699. The Kier molecular flexibility index (Phi) is 2.33. The van der Waals surface area contributed by atoms with Crippen LogP contribution in [0.1, 0.15) is 0 Å². The van der Waals surface area contributed by atoms with E-state index >= 15 is 0 Å². The highest BCUT2D eigenvalue weighted by Crippen LogP contribution is 2.26. The summed E-state index contributed by atoms with van der Waals surface area (Å²) < 4.78 is 6.52. The van der Waals surface area contributed by atoms with Gasteiger partial charge in [0.15, 0.2) is 5.58 Å². The lowest BCUT2D eigenvalue weighted by Gasteiger charge is -1.94. The average Bonchev–Trinajstić information content (AvgIpc) is 2.72. The maximum Gasteiger partial charge on any atom is 0.228 e. The number of anilines is 1. The number of halogens is 1. The number of fused-ring (bicyclic) bond motifs is 1. The first-order valence-corrected chi connectivity index (χ1v) is 5.79. The third kappa shape index (κ3) is 1.89. The average molecular weight is 290 g/mol. The Hall–Kier alpha value is -1.88. The molecule has 0 aliphatic rings. The summed E-state index contributed by atoms with van der Waals surface area (Å²) in [4.78, 5) is 8.46. The third-order valence-electron chi connectivity index (χ3n) is 2.36. The molecule has 0 fully saturated rings. The Balaban J connectivity index is 2.18. The molecule has 0 saturated heterocycles. The second-order valence-electron chi connectivity index (χ2n) is 3.64. The first-order valence-electron chi connectivity index (χ1n) is 4.99. The van der Waals surface area contributed by atoms with Crippen molar-refractivity contribution in [2.75, 3.05) is 5.73 Å². The zero-order valence-electron chi connectivity index (χ0n) is 8.72. The van der Waals surface area contributed by atoms with Crippen LogP contribution < -0.4 is 5.73 Å². The highest BCUT2D eigenvalue weighted by molar-refractivity contribution is 9.10. The molecule has 2 heterocycles. The largest absolute Gasteiger partial charge is 0.436 e. The van der Waals surface area contributed by atoms with Crippen LogP contribution in [0, 0.1) is 0 Å². The van der Waals surface area contributed by atoms with Gasteiger partial charge in [0, 0.05) is 28.6 Å². The van der Waals surface area contributed by atoms with E-state index in [1.54, 1.807) is 24.5 Å². The molecular formula is C12H8BrN3O. The molecule has 0 spiro atoms. The van der Waals surface area contributed by atoms with Crippen LogP contribution in [0.2, 0.25) is 0 Å². The summed E-state index contributed by atoms with van der Waals surface area (Å²) in [7, 11) is 0. The number of oxazole rings is 1. The Morgan fingerprint density at radius 1 is 1.18 bits per heavy atom. The van der Waals surface area contributed by atoms with Crippen molar-refractivity contribution in [1.29, 1.82) is 0 Å². The fourth-order valence-electron chi connectivity index (χ4n) is 1.59. The molecule has 4 nitrogen and oxygen atoms in total. The number of nitrogen functional groups attached to an aromatic ring is 1. The molecule has 0 amide bonds.